The number of likely N-dealkylation sites (N-methyl/N-ethyl adjacent to an activating group) is 1. The number of aromatic nitrogens is 1. The summed E-state index contributed by atoms with van der Waals surface area (Å²) in [6, 6.07) is 13.7. The van der Waals surface area contributed by atoms with Crippen molar-refractivity contribution in [2.45, 2.75) is 19.3 Å². The van der Waals surface area contributed by atoms with E-state index in [9.17, 15) is 5.11 Å². The molecule has 1 aromatic heterocycles. The molecule has 1 heterocycles. The minimum absolute atomic E-state index is 0.306. The Bertz CT molecular complexity index is 566. The summed E-state index contributed by atoms with van der Waals surface area (Å²) in [5.41, 5.74) is 2.05. The summed E-state index contributed by atoms with van der Waals surface area (Å²) in [5.74, 6) is 0. The van der Waals surface area contributed by atoms with E-state index in [1.54, 1.807) is 6.20 Å². The molecule has 1 unspecified atom stereocenters. The van der Waals surface area contributed by atoms with Crippen molar-refractivity contribution in [3.8, 4) is 0 Å². The Morgan fingerprint density at radius 3 is 2.73 bits per heavy atom. The van der Waals surface area contributed by atoms with Crippen LogP contribution in [0.2, 0.25) is 5.15 Å². The van der Waals surface area contributed by atoms with Gasteiger partial charge in [0.2, 0.25) is 0 Å². The molecule has 5 heteroatoms. The van der Waals surface area contributed by atoms with Crippen molar-refractivity contribution >= 4 is 11.6 Å². The van der Waals surface area contributed by atoms with Gasteiger partial charge in [-0.3, -0.25) is 4.90 Å². The van der Waals surface area contributed by atoms with Crippen molar-refractivity contribution in [2.75, 3.05) is 20.2 Å². The quantitative estimate of drug-likeness (QED) is 0.760. The summed E-state index contributed by atoms with van der Waals surface area (Å²) in [4.78, 5) is 6.05. The molecule has 22 heavy (non-hydrogen) atoms. The van der Waals surface area contributed by atoms with Crippen molar-refractivity contribution in [3.63, 3.8) is 0 Å². The Balaban J connectivity index is 1.70. The van der Waals surface area contributed by atoms with Crippen LogP contribution in [-0.2, 0) is 17.9 Å². The number of aliphatic hydroxyl groups is 1. The molecule has 2 aromatic rings. The Morgan fingerprint density at radius 2 is 2.00 bits per heavy atom. The Kier molecular flexibility index (Phi) is 6.80. The van der Waals surface area contributed by atoms with E-state index in [1.807, 2.05) is 54.4 Å². The molecule has 0 amide bonds. The molecular formula is C17H21ClN2O2. The number of nitrogens with zero attached hydrogens (tertiary/aromatic N) is 2. The first-order chi connectivity index (χ1) is 10.6. The number of rotatable bonds is 8. The van der Waals surface area contributed by atoms with E-state index in [0.29, 0.717) is 31.5 Å². The summed E-state index contributed by atoms with van der Waals surface area (Å²) in [6.07, 6.45) is 1.13. The third-order valence-electron chi connectivity index (χ3n) is 3.22. The minimum atomic E-state index is -0.538. The second kappa shape index (κ2) is 8.86. The van der Waals surface area contributed by atoms with Crippen LogP contribution in [0.15, 0.2) is 48.7 Å². The SMILES string of the molecule is CN(Cc1cccnc1Cl)CC(O)COCc1ccccc1. The lowest BCUT2D eigenvalue weighted by Crippen LogP contribution is -2.32. The van der Waals surface area contributed by atoms with Crippen LogP contribution in [0.1, 0.15) is 11.1 Å². The minimum Gasteiger partial charge on any atom is -0.389 e. The Labute approximate surface area is 136 Å². The van der Waals surface area contributed by atoms with Gasteiger partial charge in [0.05, 0.1) is 19.3 Å². The van der Waals surface area contributed by atoms with Gasteiger partial charge in [-0.15, -0.1) is 0 Å². The summed E-state index contributed by atoms with van der Waals surface area (Å²) in [7, 11) is 1.93. The lowest BCUT2D eigenvalue weighted by atomic mass is 10.2. The zero-order valence-corrected chi connectivity index (χ0v) is 13.4. The number of hydrogen-bond donors (Lipinski definition) is 1. The first-order valence-corrected chi connectivity index (χ1v) is 7.60. The van der Waals surface area contributed by atoms with Gasteiger partial charge in [0.15, 0.2) is 0 Å². The topological polar surface area (TPSA) is 45.6 Å². The molecule has 0 aliphatic heterocycles. The molecule has 118 valence electrons. The Hall–Kier alpha value is -1.46. The van der Waals surface area contributed by atoms with E-state index < -0.39 is 6.10 Å². The molecule has 0 spiro atoms. The van der Waals surface area contributed by atoms with E-state index >= 15 is 0 Å². The average molecular weight is 321 g/mol. The fourth-order valence-corrected chi connectivity index (χ4v) is 2.37. The Morgan fingerprint density at radius 1 is 1.23 bits per heavy atom. The van der Waals surface area contributed by atoms with Gasteiger partial charge in [0.1, 0.15) is 5.15 Å². The van der Waals surface area contributed by atoms with Crippen LogP contribution in [0.5, 0.6) is 0 Å². The van der Waals surface area contributed by atoms with Crippen LogP contribution in [0, 0.1) is 0 Å². The average Bonchev–Trinajstić information content (AvgIpc) is 2.50. The van der Waals surface area contributed by atoms with Crippen LogP contribution in [-0.4, -0.2) is 41.3 Å². The summed E-state index contributed by atoms with van der Waals surface area (Å²) in [5, 5.41) is 10.5. The molecule has 2 rings (SSSR count). The number of pyridine rings is 1. The number of benzene rings is 1. The van der Waals surface area contributed by atoms with Gasteiger partial charge in [0.25, 0.3) is 0 Å². The van der Waals surface area contributed by atoms with Gasteiger partial charge >= 0.3 is 0 Å². The van der Waals surface area contributed by atoms with E-state index in [4.69, 9.17) is 16.3 Å². The molecule has 0 aliphatic rings. The number of halogens is 1. The number of ether oxygens (including phenoxy) is 1. The van der Waals surface area contributed by atoms with Crippen LogP contribution in [0.4, 0.5) is 0 Å². The molecule has 0 saturated heterocycles. The van der Waals surface area contributed by atoms with Gasteiger partial charge in [-0.1, -0.05) is 48.0 Å². The standard InChI is InChI=1S/C17H21ClN2O2/c1-20(10-15-8-5-9-19-17(15)18)11-16(21)13-22-12-14-6-3-2-4-7-14/h2-9,16,21H,10-13H2,1H3. The van der Waals surface area contributed by atoms with Crippen LogP contribution in [0.3, 0.4) is 0 Å². The highest BCUT2D eigenvalue weighted by Gasteiger charge is 2.10. The van der Waals surface area contributed by atoms with Gasteiger partial charge in [-0.2, -0.15) is 0 Å². The number of hydrogen-bond acceptors (Lipinski definition) is 4. The van der Waals surface area contributed by atoms with Crippen molar-refractivity contribution in [1.82, 2.24) is 9.88 Å². The van der Waals surface area contributed by atoms with Crippen LogP contribution >= 0.6 is 11.6 Å². The monoisotopic (exact) mass is 320 g/mol. The second-order valence-corrected chi connectivity index (χ2v) is 5.66. The predicted octanol–water partition coefficient (Wildman–Crippen LogP) is 2.74. The van der Waals surface area contributed by atoms with Gasteiger partial charge < -0.3 is 9.84 Å². The lowest BCUT2D eigenvalue weighted by Gasteiger charge is -2.21. The zero-order chi connectivity index (χ0) is 15.8. The molecular weight excluding hydrogens is 300 g/mol. The molecule has 1 atom stereocenters. The molecule has 0 bridgehead atoms. The maximum atomic E-state index is 10.0. The largest absolute Gasteiger partial charge is 0.389 e. The smallest absolute Gasteiger partial charge is 0.133 e. The van der Waals surface area contributed by atoms with E-state index in [0.717, 1.165) is 11.1 Å². The normalized spacial score (nSPS) is 12.5. The highest BCUT2D eigenvalue weighted by molar-refractivity contribution is 6.30. The fraction of sp³-hybridized carbons (Fsp3) is 0.353. The zero-order valence-electron chi connectivity index (χ0n) is 12.7. The fourth-order valence-electron chi connectivity index (χ4n) is 2.19. The van der Waals surface area contributed by atoms with E-state index in [1.165, 1.54) is 0 Å². The van der Waals surface area contributed by atoms with Crippen molar-refractivity contribution in [1.29, 1.82) is 0 Å². The highest BCUT2D eigenvalue weighted by atomic mass is 35.5. The second-order valence-electron chi connectivity index (χ2n) is 5.30. The predicted molar refractivity (Wildman–Crippen MR) is 87.7 cm³/mol. The van der Waals surface area contributed by atoms with Crippen molar-refractivity contribution in [3.05, 3.63) is 64.9 Å². The molecule has 0 fully saturated rings. The van der Waals surface area contributed by atoms with Gasteiger partial charge in [0, 0.05) is 24.8 Å². The summed E-state index contributed by atoms with van der Waals surface area (Å²) in [6.45, 7) is 1.97. The molecule has 0 saturated carbocycles. The molecule has 1 aromatic carbocycles. The number of aliphatic hydroxyl groups excluding tert-OH is 1. The molecule has 4 nitrogen and oxygen atoms in total. The van der Waals surface area contributed by atoms with E-state index in [-0.39, 0.29) is 0 Å². The van der Waals surface area contributed by atoms with Crippen LogP contribution in [0.25, 0.3) is 0 Å². The third-order valence-corrected chi connectivity index (χ3v) is 3.56. The first kappa shape index (κ1) is 16.9. The van der Waals surface area contributed by atoms with Gasteiger partial charge in [-0.05, 0) is 18.7 Å². The van der Waals surface area contributed by atoms with Crippen molar-refractivity contribution < 1.29 is 9.84 Å². The summed E-state index contributed by atoms with van der Waals surface area (Å²) >= 11 is 6.03. The van der Waals surface area contributed by atoms with E-state index in [2.05, 4.69) is 4.98 Å². The maximum Gasteiger partial charge on any atom is 0.133 e. The first-order valence-electron chi connectivity index (χ1n) is 7.23. The molecule has 1 N–H and O–H groups in total. The summed E-state index contributed by atoms with van der Waals surface area (Å²) < 4.78 is 5.54. The van der Waals surface area contributed by atoms with Crippen LogP contribution < -0.4 is 0 Å². The van der Waals surface area contributed by atoms with Gasteiger partial charge in [-0.25, -0.2) is 4.98 Å². The molecule has 0 aliphatic carbocycles. The molecule has 0 radical (unpaired) electrons. The highest BCUT2D eigenvalue weighted by Crippen LogP contribution is 2.13. The third kappa shape index (κ3) is 5.73. The lowest BCUT2D eigenvalue weighted by molar-refractivity contribution is 0.0127. The maximum absolute atomic E-state index is 10.0. The van der Waals surface area contributed by atoms with Crippen molar-refractivity contribution in [2.24, 2.45) is 0 Å².